The first-order valence-electron chi connectivity index (χ1n) is 7.74. The van der Waals surface area contributed by atoms with E-state index in [1.54, 1.807) is 11.8 Å². The Morgan fingerprint density at radius 2 is 2.23 bits per heavy atom. The van der Waals surface area contributed by atoms with Gasteiger partial charge in [-0.25, -0.2) is 4.98 Å². The molecule has 2 atom stereocenters. The molecule has 2 aromatic heterocycles. The standard InChI is InChI=1S/C17H16N4O/c1-2-4-14-11(3-1)5-6-17(14)7-12(17)8-18-15-13-9-21-22-16(13)20-10-19-15/h1-4,9-10,12H,5-8H2,(H,18,19,20). The largest absolute Gasteiger partial charge is 0.369 e. The van der Waals surface area contributed by atoms with Gasteiger partial charge >= 0.3 is 0 Å². The van der Waals surface area contributed by atoms with E-state index >= 15 is 0 Å². The van der Waals surface area contributed by atoms with Crippen LogP contribution in [0.1, 0.15) is 24.0 Å². The van der Waals surface area contributed by atoms with Gasteiger partial charge in [-0.1, -0.05) is 29.4 Å². The van der Waals surface area contributed by atoms with Crippen LogP contribution >= 0.6 is 0 Å². The molecule has 1 aromatic carbocycles. The fourth-order valence-electron chi connectivity index (χ4n) is 4.06. The first-order valence-corrected chi connectivity index (χ1v) is 7.74. The summed E-state index contributed by atoms with van der Waals surface area (Å²) in [5.74, 6) is 1.50. The summed E-state index contributed by atoms with van der Waals surface area (Å²) in [6.45, 7) is 0.936. The lowest BCUT2D eigenvalue weighted by Gasteiger charge is -2.12. The lowest BCUT2D eigenvalue weighted by atomic mass is 9.95. The van der Waals surface area contributed by atoms with Gasteiger partial charge in [0.25, 0.3) is 5.71 Å². The third-order valence-electron chi connectivity index (χ3n) is 5.31. The van der Waals surface area contributed by atoms with Gasteiger partial charge in [-0.15, -0.1) is 0 Å². The SMILES string of the molecule is c1ccc2c(c1)CCC21CC1CNc1ncnc2oncc12. The summed E-state index contributed by atoms with van der Waals surface area (Å²) in [6.07, 6.45) is 6.96. The number of nitrogens with one attached hydrogen (secondary N) is 1. The molecule has 1 N–H and O–H groups in total. The summed E-state index contributed by atoms with van der Waals surface area (Å²) in [6, 6.07) is 8.90. The van der Waals surface area contributed by atoms with E-state index in [0.29, 0.717) is 17.0 Å². The molecule has 1 saturated carbocycles. The second kappa shape index (κ2) is 4.29. The molecule has 2 heterocycles. The lowest BCUT2D eigenvalue weighted by molar-refractivity contribution is 0.448. The summed E-state index contributed by atoms with van der Waals surface area (Å²) < 4.78 is 5.08. The van der Waals surface area contributed by atoms with Gasteiger partial charge in [0.15, 0.2) is 0 Å². The number of hydrogen-bond acceptors (Lipinski definition) is 5. The van der Waals surface area contributed by atoms with E-state index in [1.165, 1.54) is 31.2 Å². The molecule has 5 heteroatoms. The Kier molecular flexibility index (Phi) is 2.37. The molecule has 1 spiro atoms. The molecular weight excluding hydrogens is 276 g/mol. The van der Waals surface area contributed by atoms with Gasteiger partial charge in [0, 0.05) is 12.0 Å². The summed E-state index contributed by atoms with van der Waals surface area (Å²) in [5.41, 5.74) is 4.05. The van der Waals surface area contributed by atoms with Crippen molar-refractivity contribution in [3.63, 3.8) is 0 Å². The highest BCUT2D eigenvalue weighted by Gasteiger charge is 2.57. The molecule has 22 heavy (non-hydrogen) atoms. The smallest absolute Gasteiger partial charge is 0.262 e. The molecule has 0 saturated heterocycles. The first kappa shape index (κ1) is 12.1. The van der Waals surface area contributed by atoms with E-state index in [-0.39, 0.29) is 0 Å². The molecule has 5 nitrogen and oxygen atoms in total. The van der Waals surface area contributed by atoms with Gasteiger partial charge in [0.05, 0.1) is 6.20 Å². The van der Waals surface area contributed by atoms with E-state index in [9.17, 15) is 0 Å². The molecule has 2 unspecified atom stereocenters. The number of rotatable bonds is 3. The topological polar surface area (TPSA) is 63.8 Å². The van der Waals surface area contributed by atoms with Crippen molar-refractivity contribution in [2.45, 2.75) is 24.7 Å². The minimum atomic E-state index is 0.407. The van der Waals surface area contributed by atoms with Crippen molar-refractivity contribution >= 4 is 16.9 Å². The van der Waals surface area contributed by atoms with Crippen LogP contribution in [-0.2, 0) is 11.8 Å². The Hall–Kier alpha value is -2.43. The minimum absolute atomic E-state index is 0.407. The van der Waals surface area contributed by atoms with Crippen molar-refractivity contribution < 1.29 is 4.52 Å². The zero-order valence-electron chi connectivity index (χ0n) is 12.1. The van der Waals surface area contributed by atoms with Crippen LogP contribution in [0.2, 0.25) is 0 Å². The maximum Gasteiger partial charge on any atom is 0.262 e. The van der Waals surface area contributed by atoms with Gasteiger partial charge in [-0.2, -0.15) is 4.98 Å². The monoisotopic (exact) mass is 292 g/mol. The van der Waals surface area contributed by atoms with Gasteiger partial charge < -0.3 is 9.84 Å². The average molecular weight is 292 g/mol. The predicted molar refractivity (Wildman–Crippen MR) is 82.6 cm³/mol. The summed E-state index contributed by atoms with van der Waals surface area (Å²) in [4.78, 5) is 8.38. The van der Waals surface area contributed by atoms with Crippen molar-refractivity contribution in [2.75, 3.05) is 11.9 Å². The summed E-state index contributed by atoms with van der Waals surface area (Å²) in [5, 5.41) is 8.11. The van der Waals surface area contributed by atoms with Crippen LogP contribution in [0.5, 0.6) is 0 Å². The second-order valence-electron chi connectivity index (χ2n) is 6.36. The van der Waals surface area contributed by atoms with Crippen molar-refractivity contribution in [3.8, 4) is 0 Å². The molecule has 5 rings (SSSR count). The molecule has 2 aliphatic rings. The van der Waals surface area contributed by atoms with Crippen LogP contribution in [0, 0.1) is 5.92 Å². The number of aryl methyl sites for hydroxylation is 1. The highest BCUT2D eigenvalue weighted by atomic mass is 16.5. The van der Waals surface area contributed by atoms with Crippen molar-refractivity contribution in [2.24, 2.45) is 5.92 Å². The van der Waals surface area contributed by atoms with Gasteiger partial charge in [0.2, 0.25) is 0 Å². The van der Waals surface area contributed by atoms with E-state index in [2.05, 4.69) is 44.7 Å². The van der Waals surface area contributed by atoms with Crippen LogP contribution in [-0.4, -0.2) is 21.7 Å². The Balaban J connectivity index is 1.36. The third kappa shape index (κ3) is 1.62. The van der Waals surface area contributed by atoms with Crippen molar-refractivity contribution in [3.05, 3.63) is 47.9 Å². The quantitative estimate of drug-likeness (QED) is 0.804. The summed E-state index contributed by atoms with van der Waals surface area (Å²) >= 11 is 0. The third-order valence-corrected chi connectivity index (χ3v) is 5.31. The predicted octanol–water partition coefficient (Wildman–Crippen LogP) is 2.93. The summed E-state index contributed by atoms with van der Waals surface area (Å²) in [7, 11) is 0. The number of aromatic nitrogens is 3. The Bertz CT molecular complexity index is 858. The van der Waals surface area contributed by atoms with E-state index in [4.69, 9.17) is 4.52 Å². The molecule has 110 valence electrons. The van der Waals surface area contributed by atoms with Crippen LogP contribution in [0.25, 0.3) is 11.1 Å². The number of hydrogen-bond donors (Lipinski definition) is 1. The molecule has 3 aromatic rings. The van der Waals surface area contributed by atoms with Gasteiger partial charge in [-0.05, 0) is 36.3 Å². The highest BCUT2D eigenvalue weighted by Crippen LogP contribution is 2.61. The van der Waals surface area contributed by atoms with Gasteiger partial charge in [-0.3, -0.25) is 0 Å². The van der Waals surface area contributed by atoms with E-state index in [1.807, 2.05) is 0 Å². The Morgan fingerprint density at radius 3 is 3.23 bits per heavy atom. The maximum atomic E-state index is 5.08. The van der Waals surface area contributed by atoms with E-state index < -0.39 is 0 Å². The normalized spacial score (nSPS) is 25.5. The molecule has 2 aliphatic carbocycles. The molecule has 0 aliphatic heterocycles. The fourth-order valence-corrected chi connectivity index (χ4v) is 4.06. The minimum Gasteiger partial charge on any atom is -0.369 e. The van der Waals surface area contributed by atoms with Crippen LogP contribution in [0.3, 0.4) is 0 Å². The van der Waals surface area contributed by atoms with Crippen molar-refractivity contribution in [1.82, 2.24) is 15.1 Å². The second-order valence-corrected chi connectivity index (χ2v) is 6.36. The average Bonchev–Trinajstić information content (AvgIpc) is 2.90. The number of fused-ring (bicyclic) bond motifs is 3. The molecule has 0 bridgehead atoms. The zero-order valence-corrected chi connectivity index (χ0v) is 12.1. The number of nitrogens with zero attached hydrogens (tertiary/aromatic N) is 3. The Labute approximate surface area is 127 Å². The Morgan fingerprint density at radius 1 is 1.27 bits per heavy atom. The first-order chi connectivity index (χ1) is 10.9. The number of anilines is 1. The molecule has 0 radical (unpaired) electrons. The zero-order chi connectivity index (χ0) is 14.6. The lowest BCUT2D eigenvalue weighted by Crippen LogP contribution is -2.13. The van der Waals surface area contributed by atoms with E-state index in [0.717, 1.165) is 17.7 Å². The fraction of sp³-hybridized carbons (Fsp3) is 0.353. The molecule has 0 amide bonds. The van der Waals surface area contributed by atoms with Crippen LogP contribution in [0.4, 0.5) is 5.82 Å². The van der Waals surface area contributed by atoms with Crippen LogP contribution < -0.4 is 5.32 Å². The molecule has 1 fully saturated rings. The maximum absolute atomic E-state index is 5.08. The highest BCUT2D eigenvalue weighted by molar-refractivity contribution is 5.84. The molecular formula is C17H16N4O. The van der Waals surface area contributed by atoms with Crippen molar-refractivity contribution in [1.29, 1.82) is 0 Å². The number of benzene rings is 1. The van der Waals surface area contributed by atoms with Gasteiger partial charge in [0.1, 0.15) is 17.5 Å². The van der Waals surface area contributed by atoms with Crippen LogP contribution in [0.15, 0.2) is 41.3 Å².